The summed E-state index contributed by atoms with van der Waals surface area (Å²) < 4.78 is 10.7. The zero-order valence-corrected chi connectivity index (χ0v) is 10.8. The van der Waals surface area contributed by atoms with Crippen molar-refractivity contribution < 1.29 is 29.9 Å². The number of hydrogen-bond acceptors (Lipinski definition) is 6. The van der Waals surface area contributed by atoms with Crippen molar-refractivity contribution in [2.45, 2.75) is 30.7 Å². The van der Waals surface area contributed by atoms with Gasteiger partial charge in [-0.3, -0.25) is 0 Å². The Labute approximate surface area is 116 Å². The summed E-state index contributed by atoms with van der Waals surface area (Å²) in [5, 5.41) is 38.2. The van der Waals surface area contributed by atoms with Crippen LogP contribution in [0.3, 0.4) is 0 Å². The monoisotopic (exact) mass is 282 g/mol. The van der Waals surface area contributed by atoms with Crippen LogP contribution in [0.4, 0.5) is 0 Å². The van der Waals surface area contributed by atoms with Gasteiger partial charge in [0, 0.05) is 0 Å². The Hall–Kier alpha value is -1.44. The van der Waals surface area contributed by atoms with E-state index in [1.165, 1.54) is 0 Å². The molecule has 2 rings (SSSR count). The van der Waals surface area contributed by atoms with Gasteiger partial charge < -0.3 is 29.9 Å². The molecule has 1 aliphatic rings. The zero-order valence-electron chi connectivity index (χ0n) is 10.8. The zero-order chi connectivity index (χ0) is 14.7. The van der Waals surface area contributed by atoms with Gasteiger partial charge in [0.05, 0.1) is 6.61 Å². The van der Waals surface area contributed by atoms with Gasteiger partial charge in [-0.1, -0.05) is 24.8 Å². The topological polar surface area (TPSA) is 99.4 Å². The van der Waals surface area contributed by atoms with E-state index in [0.29, 0.717) is 5.75 Å². The lowest BCUT2D eigenvalue weighted by atomic mass is 9.99. The molecule has 5 unspecified atom stereocenters. The summed E-state index contributed by atoms with van der Waals surface area (Å²) in [6, 6.07) is 6.87. The molecule has 4 N–H and O–H groups in total. The lowest BCUT2D eigenvalue weighted by Gasteiger charge is -2.39. The summed E-state index contributed by atoms with van der Waals surface area (Å²) in [6.45, 7) is 3.15. The first-order valence-corrected chi connectivity index (χ1v) is 6.26. The van der Waals surface area contributed by atoms with Crippen molar-refractivity contribution in [2.75, 3.05) is 6.61 Å². The van der Waals surface area contributed by atoms with Gasteiger partial charge in [-0.05, 0) is 17.7 Å². The first-order valence-electron chi connectivity index (χ1n) is 6.26. The molecule has 0 amide bonds. The number of aliphatic hydroxyl groups excluding tert-OH is 4. The minimum absolute atomic E-state index is 0.430. The van der Waals surface area contributed by atoms with E-state index >= 15 is 0 Å². The van der Waals surface area contributed by atoms with E-state index in [-0.39, 0.29) is 0 Å². The van der Waals surface area contributed by atoms with Crippen LogP contribution in [0.1, 0.15) is 5.56 Å². The van der Waals surface area contributed by atoms with E-state index in [0.717, 1.165) is 5.56 Å². The van der Waals surface area contributed by atoms with E-state index < -0.39 is 37.3 Å². The summed E-state index contributed by atoms with van der Waals surface area (Å²) in [5.41, 5.74) is 0.908. The quantitative estimate of drug-likeness (QED) is 0.594. The summed E-state index contributed by atoms with van der Waals surface area (Å²) >= 11 is 0. The fourth-order valence-corrected chi connectivity index (χ4v) is 1.98. The second-order valence-corrected chi connectivity index (χ2v) is 4.59. The van der Waals surface area contributed by atoms with Gasteiger partial charge in [0.2, 0.25) is 6.29 Å². The van der Waals surface area contributed by atoms with Gasteiger partial charge in [-0.25, -0.2) is 0 Å². The van der Waals surface area contributed by atoms with Crippen molar-refractivity contribution in [3.05, 3.63) is 36.4 Å². The van der Waals surface area contributed by atoms with Crippen LogP contribution in [-0.4, -0.2) is 57.7 Å². The Bertz CT molecular complexity index is 443. The van der Waals surface area contributed by atoms with Gasteiger partial charge >= 0.3 is 0 Å². The van der Waals surface area contributed by atoms with Crippen LogP contribution >= 0.6 is 0 Å². The van der Waals surface area contributed by atoms with E-state index in [2.05, 4.69) is 6.58 Å². The molecule has 110 valence electrons. The highest BCUT2D eigenvalue weighted by Crippen LogP contribution is 2.24. The molecule has 0 aliphatic carbocycles. The van der Waals surface area contributed by atoms with Crippen LogP contribution in [0, 0.1) is 0 Å². The molecule has 0 aromatic heterocycles. The van der Waals surface area contributed by atoms with Gasteiger partial charge in [0.25, 0.3) is 0 Å². The van der Waals surface area contributed by atoms with Crippen molar-refractivity contribution in [3.63, 3.8) is 0 Å². The van der Waals surface area contributed by atoms with Crippen LogP contribution in [0.15, 0.2) is 30.8 Å². The van der Waals surface area contributed by atoms with Gasteiger partial charge in [-0.2, -0.15) is 0 Å². The smallest absolute Gasteiger partial charge is 0.229 e. The van der Waals surface area contributed by atoms with Crippen LogP contribution in [0.25, 0.3) is 6.08 Å². The predicted molar refractivity (Wildman–Crippen MR) is 70.9 cm³/mol. The Morgan fingerprint density at radius 1 is 1.10 bits per heavy atom. The van der Waals surface area contributed by atoms with E-state index in [4.69, 9.17) is 14.6 Å². The summed E-state index contributed by atoms with van der Waals surface area (Å²) in [7, 11) is 0. The fourth-order valence-electron chi connectivity index (χ4n) is 1.98. The molecular formula is C14H18O6. The van der Waals surface area contributed by atoms with Crippen molar-refractivity contribution >= 4 is 6.08 Å². The predicted octanol–water partition coefficient (Wildman–Crippen LogP) is -0.492. The molecule has 0 saturated carbocycles. The Kier molecular flexibility index (Phi) is 4.74. The molecule has 1 heterocycles. The molecule has 6 nitrogen and oxygen atoms in total. The number of aliphatic hydroxyl groups is 4. The third-order valence-electron chi connectivity index (χ3n) is 3.22. The number of ether oxygens (including phenoxy) is 2. The average Bonchev–Trinajstić information content (AvgIpc) is 2.48. The van der Waals surface area contributed by atoms with E-state index in [1.807, 2.05) is 0 Å². The third-order valence-corrected chi connectivity index (χ3v) is 3.22. The molecule has 1 aliphatic heterocycles. The normalized spacial score (nSPS) is 33.7. The van der Waals surface area contributed by atoms with Gasteiger partial charge in [0.15, 0.2) is 0 Å². The maximum atomic E-state index is 9.83. The molecule has 0 bridgehead atoms. The molecule has 0 radical (unpaired) electrons. The molecule has 6 heteroatoms. The lowest BCUT2D eigenvalue weighted by molar-refractivity contribution is -0.277. The molecule has 1 aromatic carbocycles. The van der Waals surface area contributed by atoms with Crippen molar-refractivity contribution in [1.29, 1.82) is 0 Å². The molecule has 20 heavy (non-hydrogen) atoms. The SMILES string of the molecule is C=Cc1ccc(OC2OC(CO)C(O)C(O)C2O)cc1. The fraction of sp³-hybridized carbons (Fsp3) is 0.429. The minimum Gasteiger partial charge on any atom is -0.462 e. The second-order valence-electron chi connectivity index (χ2n) is 4.59. The Morgan fingerprint density at radius 3 is 2.30 bits per heavy atom. The Balaban J connectivity index is 2.08. The summed E-state index contributed by atoms with van der Waals surface area (Å²) in [4.78, 5) is 0. The summed E-state index contributed by atoms with van der Waals surface area (Å²) in [6.07, 6.45) is -4.72. The third kappa shape index (κ3) is 3.00. The minimum atomic E-state index is -1.45. The average molecular weight is 282 g/mol. The van der Waals surface area contributed by atoms with Crippen molar-refractivity contribution in [3.8, 4) is 5.75 Å². The highest BCUT2D eigenvalue weighted by atomic mass is 16.7. The maximum absolute atomic E-state index is 9.83. The lowest BCUT2D eigenvalue weighted by Crippen LogP contribution is -2.60. The maximum Gasteiger partial charge on any atom is 0.229 e. The first-order chi connectivity index (χ1) is 9.56. The molecular weight excluding hydrogens is 264 g/mol. The van der Waals surface area contributed by atoms with E-state index in [1.54, 1.807) is 30.3 Å². The van der Waals surface area contributed by atoms with Crippen LogP contribution in [0.5, 0.6) is 5.75 Å². The van der Waals surface area contributed by atoms with Crippen molar-refractivity contribution in [2.24, 2.45) is 0 Å². The first kappa shape index (κ1) is 15.0. The molecule has 1 saturated heterocycles. The number of rotatable bonds is 4. The standard InChI is InChI=1S/C14H18O6/c1-2-8-3-5-9(6-4-8)19-14-13(18)12(17)11(16)10(7-15)20-14/h2-6,10-18H,1,7H2. The van der Waals surface area contributed by atoms with Crippen LogP contribution in [0.2, 0.25) is 0 Å². The highest BCUT2D eigenvalue weighted by Gasteiger charge is 2.44. The van der Waals surface area contributed by atoms with Crippen LogP contribution < -0.4 is 4.74 Å². The van der Waals surface area contributed by atoms with Crippen molar-refractivity contribution in [1.82, 2.24) is 0 Å². The van der Waals surface area contributed by atoms with Gasteiger partial charge in [-0.15, -0.1) is 0 Å². The molecule has 5 atom stereocenters. The largest absolute Gasteiger partial charge is 0.462 e. The van der Waals surface area contributed by atoms with E-state index in [9.17, 15) is 15.3 Å². The molecule has 1 fully saturated rings. The highest BCUT2D eigenvalue weighted by molar-refractivity contribution is 5.48. The number of benzene rings is 1. The molecule has 1 aromatic rings. The van der Waals surface area contributed by atoms with Gasteiger partial charge in [0.1, 0.15) is 30.2 Å². The second kappa shape index (κ2) is 6.34. The van der Waals surface area contributed by atoms with Crippen LogP contribution in [-0.2, 0) is 4.74 Å². The Morgan fingerprint density at radius 2 is 1.75 bits per heavy atom. The summed E-state index contributed by atoms with van der Waals surface area (Å²) in [5.74, 6) is 0.430. The molecule has 0 spiro atoms. The number of hydrogen-bond donors (Lipinski definition) is 4.